The Kier molecular flexibility index (Phi) is 9.76. The number of hydrogen-bond donors (Lipinski definition) is 3. The van der Waals surface area contributed by atoms with Gasteiger partial charge < -0.3 is 20.9 Å². The number of carbonyl (C=O) groups excluding carboxylic acids is 1. The van der Waals surface area contributed by atoms with Gasteiger partial charge in [-0.05, 0) is 47.0 Å². The van der Waals surface area contributed by atoms with Gasteiger partial charge in [-0.2, -0.15) is 0 Å². The molecular weight excluding hydrogens is 302 g/mol. The maximum atomic E-state index is 11.8. The molecule has 0 aromatic rings. The number of guanidine groups is 1. The van der Waals surface area contributed by atoms with Gasteiger partial charge in [-0.1, -0.05) is 6.92 Å². The number of aliphatic imine (C=N–C) groups is 1. The molecule has 0 radical (unpaired) electrons. The minimum atomic E-state index is 0.0780. The summed E-state index contributed by atoms with van der Waals surface area (Å²) < 4.78 is 0. The second kappa shape index (κ2) is 11.3. The van der Waals surface area contributed by atoms with Crippen molar-refractivity contribution in [3.05, 3.63) is 0 Å². The Morgan fingerprint density at radius 3 is 2.42 bits per heavy atom. The van der Waals surface area contributed by atoms with Gasteiger partial charge in [0.05, 0.1) is 6.54 Å². The molecule has 140 valence electrons. The lowest BCUT2D eigenvalue weighted by molar-refractivity contribution is -0.121. The first-order valence-electron chi connectivity index (χ1n) is 9.54. The fourth-order valence-corrected chi connectivity index (χ4v) is 2.79. The summed E-state index contributed by atoms with van der Waals surface area (Å²) in [4.78, 5) is 18.9. The van der Waals surface area contributed by atoms with E-state index in [4.69, 9.17) is 0 Å². The zero-order valence-corrected chi connectivity index (χ0v) is 16.2. The van der Waals surface area contributed by atoms with Crippen LogP contribution in [-0.2, 0) is 4.79 Å². The molecule has 0 spiro atoms. The number of nitrogens with one attached hydrogen (secondary N) is 3. The fourth-order valence-electron chi connectivity index (χ4n) is 2.79. The predicted molar refractivity (Wildman–Crippen MR) is 101 cm³/mol. The monoisotopic (exact) mass is 339 g/mol. The van der Waals surface area contributed by atoms with Crippen LogP contribution in [0, 0.1) is 0 Å². The molecule has 0 aromatic carbocycles. The molecule has 1 unspecified atom stereocenters. The second-order valence-corrected chi connectivity index (χ2v) is 6.94. The van der Waals surface area contributed by atoms with E-state index in [-0.39, 0.29) is 11.9 Å². The van der Waals surface area contributed by atoms with E-state index in [9.17, 15) is 4.79 Å². The lowest BCUT2D eigenvalue weighted by Gasteiger charge is -2.35. The first-order valence-corrected chi connectivity index (χ1v) is 9.54. The van der Waals surface area contributed by atoms with Gasteiger partial charge in [0.1, 0.15) is 0 Å². The highest BCUT2D eigenvalue weighted by Gasteiger charge is 2.21. The molecule has 0 aliphatic carbocycles. The van der Waals surface area contributed by atoms with Gasteiger partial charge in [0.25, 0.3) is 0 Å². The van der Waals surface area contributed by atoms with Crippen molar-refractivity contribution < 1.29 is 4.79 Å². The van der Waals surface area contributed by atoms with Crippen LogP contribution in [0.3, 0.4) is 0 Å². The summed E-state index contributed by atoms with van der Waals surface area (Å²) in [5.41, 5.74) is 0. The highest BCUT2D eigenvalue weighted by molar-refractivity contribution is 5.81. The lowest BCUT2D eigenvalue weighted by Crippen LogP contribution is -2.49. The van der Waals surface area contributed by atoms with Crippen LogP contribution in [0.4, 0.5) is 0 Å². The summed E-state index contributed by atoms with van der Waals surface area (Å²) in [6.07, 6.45) is 3.66. The predicted octanol–water partition coefficient (Wildman–Crippen LogP) is 1.72. The molecule has 1 rings (SSSR count). The summed E-state index contributed by atoms with van der Waals surface area (Å²) in [6.45, 7) is 14.3. The van der Waals surface area contributed by atoms with Crippen LogP contribution in [0.2, 0.25) is 0 Å². The molecule has 24 heavy (non-hydrogen) atoms. The van der Waals surface area contributed by atoms with E-state index >= 15 is 0 Å². The van der Waals surface area contributed by atoms with Crippen molar-refractivity contribution in [2.75, 3.05) is 26.2 Å². The van der Waals surface area contributed by atoms with Crippen molar-refractivity contribution in [3.63, 3.8) is 0 Å². The van der Waals surface area contributed by atoms with Gasteiger partial charge in [0.2, 0.25) is 5.91 Å². The van der Waals surface area contributed by atoms with Gasteiger partial charge in [-0.3, -0.25) is 9.79 Å². The van der Waals surface area contributed by atoms with Crippen LogP contribution in [0.25, 0.3) is 0 Å². The molecule has 1 aliphatic rings. The van der Waals surface area contributed by atoms with Crippen LogP contribution >= 0.6 is 0 Å². The Morgan fingerprint density at radius 2 is 1.88 bits per heavy atom. The standard InChI is InChI=1S/C18H37N5O/c1-6-15(5)21-17(24)8-11-20-18(19-7-2)22-16-9-12-23(13-10-16)14(3)4/h14-16H,6-13H2,1-5H3,(H,21,24)(H2,19,20,22). The Bertz CT molecular complexity index is 389. The van der Waals surface area contributed by atoms with Gasteiger partial charge in [-0.15, -0.1) is 0 Å². The van der Waals surface area contributed by atoms with Crippen molar-refractivity contribution in [1.82, 2.24) is 20.9 Å². The number of carbonyl (C=O) groups is 1. The maximum absolute atomic E-state index is 11.8. The minimum absolute atomic E-state index is 0.0780. The third-order valence-corrected chi connectivity index (χ3v) is 4.57. The minimum Gasteiger partial charge on any atom is -0.357 e. The van der Waals surface area contributed by atoms with Crippen molar-refractivity contribution in [2.24, 2.45) is 4.99 Å². The van der Waals surface area contributed by atoms with Gasteiger partial charge in [-0.25, -0.2) is 0 Å². The van der Waals surface area contributed by atoms with Crippen LogP contribution < -0.4 is 16.0 Å². The normalized spacial score (nSPS) is 18.5. The van der Waals surface area contributed by atoms with E-state index in [0.717, 1.165) is 44.9 Å². The third kappa shape index (κ3) is 7.99. The topological polar surface area (TPSA) is 68.8 Å². The quantitative estimate of drug-likeness (QED) is 0.465. The first kappa shape index (κ1) is 20.7. The molecule has 6 nitrogen and oxygen atoms in total. The van der Waals surface area contributed by atoms with Crippen molar-refractivity contribution in [2.45, 2.75) is 78.4 Å². The molecule has 1 heterocycles. The Hall–Kier alpha value is -1.30. The van der Waals surface area contributed by atoms with Crippen LogP contribution in [0.5, 0.6) is 0 Å². The number of hydrogen-bond acceptors (Lipinski definition) is 3. The molecule has 1 aliphatic heterocycles. The summed E-state index contributed by atoms with van der Waals surface area (Å²) in [5.74, 6) is 0.908. The maximum Gasteiger partial charge on any atom is 0.222 e. The molecule has 0 saturated carbocycles. The Balaban J connectivity index is 2.39. The number of nitrogens with zero attached hydrogens (tertiary/aromatic N) is 2. The average Bonchev–Trinajstić information content (AvgIpc) is 2.55. The largest absolute Gasteiger partial charge is 0.357 e. The van der Waals surface area contributed by atoms with Crippen LogP contribution in [0.1, 0.15) is 60.3 Å². The van der Waals surface area contributed by atoms with Crippen LogP contribution in [0.15, 0.2) is 4.99 Å². The lowest BCUT2D eigenvalue weighted by atomic mass is 10.0. The number of amides is 1. The van der Waals surface area contributed by atoms with Gasteiger partial charge >= 0.3 is 0 Å². The Morgan fingerprint density at radius 1 is 1.21 bits per heavy atom. The molecule has 1 atom stereocenters. The zero-order chi connectivity index (χ0) is 17.9. The SMILES string of the molecule is CCNC(=NCCC(=O)NC(C)CC)NC1CCN(C(C)C)CC1. The molecule has 0 bridgehead atoms. The molecule has 3 N–H and O–H groups in total. The molecule has 6 heteroatoms. The number of rotatable bonds is 8. The highest BCUT2D eigenvalue weighted by atomic mass is 16.1. The number of likely N-dealkylation sites (tertiary alicyclic amines) is 1. The van der Waals surface area contributed by atoms with E-state index in [1.165, 1.54) is 0 Å². The van der Waals surface area contributed by atoms with Crippen LogP contribution in [-0.4, -0.2) is 61.1 Å². The fraction of sp³-hybridized carbons (Fsp3) is 0.889. The average molecular weight is 340 g/mol. The van der Waals surface area contributed by atoms with E-state index in [1.807, 2.05) is 6.92 Å². The zero-order valence-electron chi connectivity index (χ0n) is 16.2. The first-order chi connectivity index (χ1) is 11.5. The summed E-state index contributed by atoms with van der Waals surface area (Å²) in [5, 5.41) is 9.78. The molecular formula is C18H37N5O. The van der Waals surface area contributed by atoms with E-state index in [2.05, 4.69) is 53.5 Å². The highest BCUT2D eigenvalue weighted by Crippen LogP contribution is 2.12. The molecule has 1 saturated heterocycles. The van der Waals surface area contributed by atoms with E-state index < -0.39 is 0 Å². The molecule has 1 amide bonds. The van der Waals surface area contributed by atoms with Crippen molar-refractivity contribution in [3.8, 4) is 0 Å². The third-order valence-electron chi connectivity index (χ3n) is 4.57. The summed E-state index contributed by atoms with van der Waals surface area (Å²) in [7, 11) is 0. The number of piperidine rings is 1. The summed E-state index contributed by atoms with van der Waals surface area (Å²) >= 11 is 0. The van der Waals surface area contributed by atoms with Crippen molar-refractivity contribution >= 4 is 11.9 Å². The van der Waals surface area contributed by atoms with E-state index in [0.29, 0.717) is 25.0 Å². The van der Waals surface area contributed by atoms with E-state index in [1.54, 1.807) is 0 Å². The van der Waals surface area contributed by atoms with Gasteiger partial charge in [0, 0.05) is 44.2 Å². The Labute approximate surface area is 147 Å². The summed E-state index contributed by atoms with van der Waals surface area (Å²) in [6, 6.07) is 1.32. The molecule has 1 fully saturated rings. The van der Waals surface area contributed by atoms with Gasteiger partial charge in [0.15, 0.2) is 5.96 Å². The molecule has 0 aromatic heterocycles. The second-order valence-electron chi connectivity index (χ2n) is 6.94. The van der Waals surface area contributed by atoms with Crippen molar-refractivity contribution in [1.29, 1.82) is 0 Å². The smallest absolute Gasteiger partial charge is 0.222 e.